The van der Waals surface area contributed by atoms with Gasteiger partial charge in [-0.15, -0.1) is 5.10 Å². The van der Waals surface area contributed by atoms with Crippen molar-refractivity contribution in [3.63, 3.8) is 0 Å². The van der Waals surface area contributed by atoms with Crippen molar-refractivity contribution in [3.05, 3.63) is 88.6 Å². The summed E-state index contributed by atoms with van der Waals surface area (Å²) in [5, 5.41) is 11.6. The van der Waals surface area contributed by atoms with E-state index in [1.54, 1.807) is 56.3 Å². The quantitative estimate of drug-likeness (QED) is 0.322. The molecule has 0 radical (unpaired) electrons. The molecule has 4 aromatic rings. The van der Waals surface area contributed by atoms with E-state index in [-0.39, 0.29) is 5.91 Å². The van der Waals surface area contributed by atoms with Crippen LogP contribution in [0.4, 0.5) is 11.6 Å². The van der Waals surface area contributed by atoms with Crippen molar-refractivity contribution in [2.45, 2.75) is 13.0 Å². The Labute approximate surface area is 225 Å². The molecule has 0 fully saturated rings. The SMILES string of the molecule is COc1ccccc1NC(=O)C1=C(C)Nc2nc(-c3cccc(Cl)c3)nn2C1c1ccc(OC)c(OC)c1. The van der Waals surface area contributed by atoms with Crippen LogP contribution in [-0.2, 0) is 4.79 Å². The van der Waals surface area contributed by atoms with E-state index < -0.39 is 6.04 Å². The van der Waals surface area contributed by atoms with Gasteiger partial charge in [-0.05, 0) is 48.9 Å². The number of hydrogen-bond donors (Lipinski definition) is 2. The minimum absolute atomic E-state index is 0.315. The average Bonchev–Trinajstić information content (AvgIpc) is 3.35. The first-order valence-electron chi connectivity index (χ1n) is 11.8. The molecule has 0 saturated carbocycles. The van der Waals surface area contributed by atoms with Gasteiger partial charge in [0.2, 0.25) is 5.95 Å². The van der Waals surface area contributed by atoms with Crippen LogP contribution in [0.2, 0.25) is 5.02 Å². The molecule has 0 bridgehead atoms. The number of hydrogen-bond acceptors (Lipinski definition) is 7. The zero-order chi connectivity index (χ0) is 26.8. The zero-order valence-corrected chi connectivity index (χ0v) is 22.0. The number of para-hydroxylation sites is 2. The van der Waals surface area contributed by atoms with Gasteiger partial charge in [0.15, 0.2) is 17.3 Å². The van der Waals surface area contributed by atoms with Crippen LogP contribution in [-0.4, -0.2) is 42.0 Å². The fourth-order valence-corrected chi connectivity index (χ4v) is 4.65. The maximum absolute atomic E-state index is 13.8. The molecule has 1 aromatic heterocycles. The highest BCUT2D eigenvalue weighted by molar-refractivity contribution is 6.30. The predicted octanol–water partition coefficient (Wildman–Crippen LogP) is 5.55. The van der Waals surface area contributed by atoms with Gasteiger partial charge in [-0.2, -0.15) is 4.98 Å². The summed E-state index contributed by atoms with van der Waals surface area (Å²) in [4.78, 5) is 18.5. The van der Waals surface area contributed by atoms with E-state index >= 15 is 0 Å². The molecule has 2 N–H and O–H groups in total. The molecule has 2 heterocycles. The molecule has 0 spiro atoms. The van der Waals surface area contributed by atoms with Crippen LogP contribution in [0.1, 0.15) is 18.5 Å². The molecule has 10 heteroatoms. The van der Waals surface area contributed by atoms with Crippen molar-refractivity contribution in [1.29, 1.82) is 0 Å². The van der Waals surface area contributed by atoms with Crippen molar-refractivity contribution in [3.8, 4) is 28.6 Å². The molecule has 0 aliphatic carbocycles. The van der Waals surface area contributed by atoms with Gasteiger partial charge in [0.1, 0.15) is 11.8 Å². The Morgan fingerprint density at radius 1 is 0.947 bits per heavy atom. The number of rotatable bonds is 7. The largest absolute Gasteiger partial charge is 0.495 e. The van der Waals surface area contributed by atoms with Crippen LogP contribution >= 0.6 is 11.6 Å². The highest BCUT2D eigenvalue weighted by atomic mass is 35.5. The lowest BCUT2D eigenvalue weighted by molar-refractivity contribution is -0.113. The summed E-state index contributed by atoms with van der Waals surface area (Å²) in [5.74, 6) is 2.30. The molecule has 5 rings (SSSR count). The number of amides is 1. The van der Waals surface area contributed by atoms with E-state index in [0.717, 1.165) is 11.1 Å². The second-order valence-electron chi connectivity index (χ2n) is 8.55. The normalized spacial score (nSPS) is 14.4. The third-order valence-corrected chi connectivity index (χ3v) is 6.49. The first-order chi connectivity index (χ1) is 18.4. The average molecular weight is 532 g/mol. The van der Waals surface area contributed by atoms with Gasteiger partial charge >= 0.3 is 0 Å². The van der Waals surface area contributed by atoms with E-state index in [9.17, 15) is 4.79 Å². The summed E-state index contributed by atoms with van der Waals surface area (Å²) < 4.78 is 18.1. The summed E-state index contributed by atoms with van der Waals surface area (Å²) in [5.41, 5.74) is 3.16. The van der Waals surface area contributed by atoms with Gasteiger partial charge in [-0.25, -0.2) is 4.68 Å². The summed E-state index contributed by atoms with van der Waals surface area (Å²) in [6.45, 7) is 1.84. The number of carbonyl (C=O) groups excluding carboxylic acids is 1. The number of nitrogens with zero attached hydrogens (tertiary/aromatic N) is 3. The van der Waals surface area contributed by atoms with Gasteiger partial charge in [0, 0.05) is 16.3 Å². The Morgan fingerprint density at radius 3 is 2.45 bits per heavy atom. The first kappa shape index (κ1) is 25.2. The van der Waals surface area contributed by atoms with Gasteiger partial charge in [0.05, 0.1) is 32.6 Å². The predicted molar refractivity (Wildman–Crippen MR) is 146 cm³/mol. The number of anilines is 2. The molecule has 1 amide bonds. The van der Waals surface area contributed by atoms with Crippen molar-refractivity contribution >= 4 is 29.1 Å². The Hall–Kier alpha value is -4.50. The van der Waals surface area contributed by atoms with E-state index in [4.69, 9.17) is 35.9 Å². The highest BCUT2D eigenvalue weighted by Gasteiger charge is 2.35. The topological polar surface area (TPSA) is 99.5 Å². The molecule has 1 aliphatic heterocycles. The molecule has 1 unspecified atom stereocenters. The van der Waals surface area contributed by atoms with Crippen LogP contribution in [0, 0.1) is 0 Å². The second-order valence-corrected chi connectivity index (χ2v) is 8.99. The number of methoxy groups -OCH3 is 3. The van der Waals surface area contributed by atoms with Crippen LogP contribution in [0.25, 0.3) is 11.4 Å². The number of aromatic nitrogens is 3. The smallest absolute Gasteiger partial charge is 0.255 e. The third kappa shape index (κ3) is 4.64. The summed E-state index contributed by atoms with van der Waals surface area (Å²) in [6, 6.07) is 19.4. The maximum Gasteiger partial charge on any atom is 0.255 e. The molecule has 9 nitrogen and oxygen atoms in total. The Balaban J connectivity index is 1.64. The van der Waals surface area contributed by atoms with E-state index in [0.29, 0.717) is 51.0 Å². The lowest BCUT2D eigenvalue weighted by atomic mass is 9.94. The maximum atomic E-state index is 13.8. The number of carbonyl (C=O) groups is 1. The lowest BCUT2D eigenvalue weighted by Gasteiger charge is -2.29. The van der Waals surface area contributed by atoms with E-state index in [2.05, 4.69) is 10.6 Å². The van der Waals surface area contributed by atoms with Crippen molar-refractivity contribution < 1.29 is 19.0 Å². The first-order valence-corrected chi connectivity index (χ1v) is 12.2. The van der Waals surface area contributed by atoms with Crippen LogP contribution in [0.5, 0.6) is 17.2 Å². The Bertz CT molecular complexity index is 1550. The minimum atomic E-state index is -0.624. The van der Waals surface area contributed by atoms with Crippen molar-refractivity contribution in [1.82, 2.24) is 14.8 Å². The van der Waals surface area contributed by atoms with Gasteiger partial charge < -0.3 is 24.8 Å². The number of ether oxygens (including phenoxy) is 3. The molecule has 0 saturated heterocycles. The molecule has 3 aromatic carbocycles. The van der Waals surface area contributed by atoms with Gasteiger partial charge in [-0.3, -0.25) is 4.79 Å². The van der Waals surface area contributed by atoms with E-state index in [1.807, 2.05) is 43.3 Å². The van der Waals surface area contributed by atoms with Crippen LogP contribution < -0.4 is 24.8 Å². The molecular weight excluding hydrogens is 506 g/mol. The highest BCUT2D eigenvalue weighted by Crippen LogP contribution is 2.40. The van der Waals surface area contributed by atoms with Gasteiger partial charge in [-0.1, -0.05) is 41.9 Å². The number of nitrogens with one attached hydrogen (secondary N) is 2. The number of benzene rings is 3. The monoisotopic (exact) mass is 531 g/mol. The number of fused-ring (bicyclic) bond motifs is 1. The van der Waals surface area contributed by atoms with Crippen LogP contribution in [0.15, 0.2) is 78.0 Å². The second kappa shape index (κ2) is 10.5. The fourth-order valence-electron chi connectivity index (χ4n) is 4.46. The summed E-state index contributed by atoms with van der Waals surface area (Å²) in [6.07, 6.45) is 0. The lowest BCUT2D eigenvalue weighted by Crippen LogP contribution is -2.31. The molecule has 1 aliphatic rings. The minimum Gasteiger partial charge on any atom is -0.495 e. The fraction of sp³-hybridized carbons (Fsp3) is 0.179. The van der Waals surface area contributed by atoms with Crippen molar-refractivity contribution in [2.24, 2.45) is 0 Å². The molecular formula is C28H26ClN5O4. The Morgan fingerprint density at radius 2 is 1.71 bits per heavy atom. The molecule has 194 valence electrons. The van der Waals surface area contributed by atoms with E-state index in [1.165, 1.54) is 0 Å². The van der Waals surface area contributed by atoms with Crippen LogP contribution in [0.3, 0.4) is 0 Å². The van der Waals surface area contributed by atoms with Gasteiger partial charge in [0.25, 0.3) is 5.91 Å². The molecule has 1 atom stereocenters. The standard InChI is InChI=1S/C28H26ClN5O4/c1-16-24(27(35)31-20-10-5-6-11-21(20)36-2)25(17-12-13-22(37-3)23(15-17)38-4)34-28(30-16)32-26(33-34)18-8-7-9-19(29)14-18/h5-15,25H,1-4H3,(H,31,35)(H,30,32,33). The molecule has 38 heavy (non-hydrogen) atoms. The number of halogens is 1. The Kier molecular flexibility index (Phi) is 6.93. The third-order valence-electron chi connectivity index (χ3n) is 6.26. The summed E-state index contributed by atoms with van der Waals surface area (Å²) in [7, 11) is 4.70. The number of allylic oxidation sites excluding steroid dienone is 1. The van der Waals surface area contributed by atoms with Crippen molar-refractivity contribution in [2.75, 3.05) is 32.0 Å². The zero-order valence-electron chi connectivity index (χ0n) is 21.3. The summed E-state index contributed by atoms with van der Waals surface area (Å²) >= 11 is 6.22.